The second-order valence-corrected chi connectivity index (χ2v) is 9.41. The SMILES string of the molecule is CCCCCCCCCCN1C(=O)CC(N(CCCCCC)C(=O)/C=C/c2ccccc2)C1=O. The molecule has 1 heterocycles. The van der Waals surface area contributed by atoms with Crippen molar-refractivity contribution in [3.63, 3.8) is 0 Å². The molecule has 0 aliphatic carbocycles. The zero-order chi connectivity index (χ0) is 24.6. The average Bonchev–Trinajstić information content (AvgIpc) is 3.13. The van der Waals surface area contributed by atoms with Crippen LogP contribution in [0.1, 0.15) is 103 Å². The molecule has 0 saturated carbocycles. The summed E-state index contributed by atoms with van der Waals surface area (Å²) in [6.45, 7) is 5.35. The summed E-state index contributed by atoms with van der Waals surface area (Å²) in [5.74, 6) is -0.540. The van der Waals surface area contributed by atoms with Crippen molar-refractivity contribution < 1.29 is 14.4 Å². The number of imide groups is 1. The van der Waals surface area contributed by atoms with E-state index in [0.29, 0.717) is 13.1 Å². The Morgan fingerprint density at radius 2 is 1.47 bits per heavy atom. The lowest BCUT2D eigenvalue weighted by molar-refractivity contribution is -0.142. The smallest absolute Gasteiger partial charge is 0.252 e. The third kappa shape index (κ3) is 9.44. The zero-order valence-electron chi connectivity index (χ0n) is 21.3. The maximum atomic E-state index is 13.2. The first-order valence-corrected chi connectivity index (χ1v) is 13.5. The number of rotatable bonds is 17. The van der Waals surface area contributed by atoms with Crippen LogP contribution < -0.4 is 0 Å². The molecule has 0 aromatic heterocycles. The van der Waals surface area contributed by atoms with Crippen molar-refractivity contribution in [3.05, 3.63) is 42.0 Å². The first-order valence-electron chi connectivity index (χ1n) is 13.5. The molecule has 188 valence electrons. The quantitative estimate of drug-likeness (QED) is 0.151. The van der Waals surface area contributed by atoms with Crippen LogP contribution in [0, 0.1) is 0 Å². The third-order valence-electron chi connectivity index (χ3n) is 6.59. The molecule has 1 aliphatic heterocycles. The number of nitrogens with zero attached hydrogens (tertiary/aromatic N) is 2. The fraction of sp³-hybridized carbons (Fsp3) is 0.621. The molecule has 0 N–H and O–H groups in total. The highest BCUT2D eigenvalue weighted by Crippen LogP contribution is 2.22. The molecular formula is C29H44N2O3. The van der Waals surface area contributed by atoms with Crippen molar-refractivity contribution in [2.45, 2.75) is 103 Å². The second-order valence-electron chi connectivity index (χ2n) is 9.41. The molecule has 1 unspecified atom stereocenters. The third-order valence-corrected chi connectivity index (χ3v) is 6.59. The van der Waals surface area contributed by atoms with Gasteiger partial charge < -0.3 is 4.90 Å². The van der Waals surface area contributed by atoms with Gasteiger partial charge in [-0.25, -0.2) is 0 Å². The summed E-state index contributed by atoms with van der Waals surface area (Å²) in [6, 6.07) is 8.99. The van der Waals surface area contributed by atoms with E-state index < -0.39 is 6.04 Å². The fourth-order valence-electron chi connectivity index (χ4n) is 4.50. The molecular weight excluding hydrogens is 424 g/mol. The van der Waals surface area contributed by atoms with Crippen molar-refractivity contribution >= 4 is 23.8 Å². The molecule has 2 rings (SSSR count). The largest absolute Gasteiger partial charge is 0.327 e. The molecule has 1 aromatic carbocycles. The van der Waals surface area contributed by atoms with E-state index in [2.05, 4.69) is 13.8 Å². The predicted octanol–water partition coefficient (Wildman–Crippen LogP) is 6.38. The molecule has 5 heteroatoms. The van der Waals surface area contributed by atoms with E-state index in [1.165, 1.54) is 43.1 Å². The Labute approximate surface area is 206 Å². The number of amides is 3. The van der Waals surface area contributed by atoms with Gasteiger partial charge in [0.1, 0.15) is 6.04 Å². The minimum Gasteiger partial charge on any atom is -0.327 e. The van der Waals surface area contributed by atoms with Crippen LogP contribution >= 0.6 is 0 Å². The first-order chi connectivity index (χ1) is 16.6. The molecule has 34 heavy (non-hydrogen) atoms. The standard InChI is InChI=1S/C29H44N2O3/c1-3-5-7-9-10-11-12-17-23-31-28(33)24-26(29(31)34)30(22-16-8-6-4-2)27(32)21-20-25-18-14-13-15-19-25/h13-15,18-21,26H,3-12,16-17,22-24H2,1-2H3/b21-20+. The van der Waals surface area contributed by atoms with Gasteiger partial charge in [0.05, 0.1) is 6.42 Å². The van der Waals surface area contributed by atoms with Gasteiger partial charge in [0.15, 0.2) is 0 Å². The van der Waals surface area contributed by atoms with Crippen LogP contribution in [0.3, 0.4) is 0 Å². The first kappa shape index (κ1) is 27.8. The number of hydrogen-bond acceptors (Lipinski definition) is 3. The van der Waals surface area contributed by atoms with E-state index in [-0.39, 0.29) is 24.1 Å². The van der Waals surface area contributed by atoms with Crippen molar-refractivity contribution in [2.24, 2.45) is 0 Å². The highest BCUT2D eigenvalue weighted by Gasteiger charge is 2.42. The Kier molecular flexibility index (Phi) is 13.3. The zero-order valence-corrected chi connectivity index (χ0v) is 21.3. The van der Waals surface area contributed by atoms with Crippen LogP contribution in [0.5, 0.6) is 0 Å². The van der Waals surface area contributed by atoms with Gasteiger partial charge in [0.2, 0.25) is 11.8 Å². The van der Waals surface area contributed by atoms with E-state index >= 15 is 0 Å². The van der Waals surface area contributed by atoms with Gasteiger partial charge in [-0.05, 0) is 24.5 Å². The van der Waals surface area contributed by atoms with Crippen LogP contribution in [0.2, 0.25) is 0 Å². The van der Waals surface area contributed by atoms with Gasteiger partial charge in [0, 0.05) is 19.2 Å². The Bertz CT molecular complexity index is 775. The number of benzene rings is 1. The predicted molar refractivity (Wildman–Crippen MR) is 139 cm³/mol. The minimum absolute atomic E-state index is 0.106. The summed E-state index contributed by atoms with van der Waals surface area (Å²) in [4.78, 5) is 41.9. The van der Waals surface area contributed by atoms with Crippen molar-refractivity contribution in [1.82, 2.24) is 9.80 Å². The van der Waals surface area contributed by atoms with E-state index in [1.807, 2.05) is 30.3 Å². The number of likely N-dealkylation sites (tertiary alicyclic amines) is 1. The minimum atomic E-state index is -0.670. The van der Waals surface area contributed by atoms with Crippen LogP contribution in [0.4, 0.5) is 0 Å². The van der Waals surface area contributed by atoms with Gasteiger partial charge in [0.25, 0.3) is 5.91 Å². The van der Waals surface area contributed by atoms with E-state index in [0.717, 1.165) is 50.5 Å². The second kappa shape index (κ2) is 16.2. The number of carbonyl (C=O) groups is 3. The van der Waals surface area contributed by atoms with Gasteiger partial charge in [-0.1, -0.05) is 108 Å². The summed E-state index contributed by atoms with van der Waals surface area (Å²) in [5.41, 5.74) is 0.937. The van der Waals surface area contributed by atoms with Gasteiger partial charge in [-0.3, -0.25) is 19.3 Å². The van der Waals surface area contributed by atoms with Crippen LogP contribution in [0.25, 0.3) is 6.08 Å². The average molecular weight is 469 g/mol. The molecule has 5 nitrogen and oxygen atoms in total. The van der Waals surface area contributed by atoms with E-state index in [9.17, 15) is 14.4 Å². The maximum Gasteiger partial charge on any atom is 0.252 e. The molecule has 1 saturated heterocycles. The Balaban J connectivity index is 1.93. The topological polar surface area (TPSA) is 57.7 Å². The monoisotopic (exact) mass is 468 g/mol. The summed E-state index contributed by atoms with van der Waals surface area (Å²) >= 11 is 0. The lowest BCUT2D eigenvalue weighted by Gasteiger charge is -2.26. The normalized spacial score (nSPS) is 16.1. The summed E-state index contributed by atoms with van der Waals surface area (Å²) in [5, 5.41) is 0. The van der Waals surface area contributed by atoms with Crippen LogP contribution in [0.15, 0.2) is 36.4 Å². The molecule has 3 amide bonds. The number of carbonyl (C=O) groups excluding carboxylic acids is 3. The molecule has 0 spiro atoms. The van der Waals surface area contributed by atoms with Crippen LogP contribution in [-0.2, 0) is 14.4 Å². The number of hydrogen-bond donors (Lipinski definition) is 0. The van der Waals surface area contributed by atoms with Gasteiger partial charge in [-0.15, -0.1) is 0 Å². The Morgan fingerprint density at radius 1 is 0.882 bits per heavy atom. The molecule has 0 bridgehead atoms. The fourth-order valence-corrected chi connectivity index (χ4v) is 4.50. The molecule has 1 aromatic rings. The van der Waals surface area contributed by atoms with Crippen molar-refractivity contribution in [1.29, 1.82) is 0 Å². The van der Waals surface area contributed by atoms with Crippen molar-refractivity contribution in [2.75, 3.05) is 13.1 Å². The summed E-state index contributed by atoms with van der Waals surface area (Å²) < 4.78 is 0. The highest BCUT2D eigenvalue weighted by atomic mass is 16.2. The molecule has 1 fully saturated rings. The summed E-state index contributed by atoms with van der Waals surface area (Å²) in [6.07, 6.45) is 16.8. The lowest BCUT2D eigenvalue weighted by atomic mass is 10.1. The number of unbranched alkanes of at least 4 members (excludes halogenated alkanes) is 10. The molecule has 1 aliphatic rings. The highest BCUT2D eigenvalue weighted by molar-refractivity contribution is 6.07. The van der Waals surface area contributed by atoms with Gasteiger partial charge >= 0.3 is 0 Å². The lowest BCUT2D eigenvalue weighted by Crippen LogP contribution is -2.45. The van der Waals surface area contributed by atoms with Crippen LogP contribution in [-0.4, -0.2) is 46.7 Å². The van der Waals surface area contributed by atoms with E-state index in [4.69, 9.17) is 0 Å². The van der Waals surface area contributed by atoms with Crippen molar-refractivity contribution in [3.8, 4) is 0 Å². The maximum absolute atomic E-state index is 13.2. The summed E-state index contributed by atoms with van der Waals surface area (Å²) in [7, 11) is 0. The van der Waals surface area contributed by atoms with Gasteiger partial charge in [-0.2, -0.15) is 0 Å². The Morgan fingerprint density at radius 3 is 2.12 bits per heavy atom. The Hall–Kier alpha value is -2.43. The molecule has 1 atom stereocenters. The van der Waals surface area contributed by atoms with E-state index in [1.54, 1.807) is 11.0 Å². The molecule has 0 radical (unpaired) electrons.